The van der Waals surface area contributed by atoms with Crippen LogP contribution >= 0.6 is 11.6 Å². The van der Waals surface area contributed by atoms with Crippen LogP contribution in [0.2, 0.25) is 0 Å². The second-order valence-electron chi connectivity index (χ2n) is 4.90. The third kappa shape index (κ3) is 1.87. The van der Waals surface area contributed by atoms with Crippen LogP contribution in [0.3, 0.4) is 0 Å². The minimum Gasteiger partial charge on any atom is -0.373 e. The summed E-state index contributed by atoms with van der Waals surface area (Å²) in [4.78, 5) is 0. The second kappa shape index (κ2) is 4.38. The summed E-state index contributed by atoms with van der Waals surface area (Å²) in [6, 6.07) is 8.75. The molecule has 1 saturated carbocycles. The van der Waals surface area contributed by atoms with Crippen molar-refractivity contribution in [2.75, 3.05) is 12.5 Å². The molecule has 2 fully saturated rings. The van der Waals surface area contributed by atoms with Gasteiger partial charge < -0.3 is 4.74 Å². The Morgan fingerprint density at radius 2 is 1.88 bits per heavy atom. The number of benzene rings is 1. The van der Waals surface area contributed by atoms with Gasteiger partial charge in [-0.3, -0.25) is 0 Å². The van der Waals surface area contributed by atoms with Gasteiger partial charge >= 0.3 is 0 Å². The van der Waals surface area contributed by atoms with Crippen molar-refractivity contribution in [2.24, 2.45) is 5.92 Å². The highest BCUT2D eigenvalue weighted by Crippen LogP contribution is 2.46. The molecule has 3 rings (SSSR count). The molecule has 2 aliphatic rings. The Kier molecular flexibility index (Phi) is 2.91. The summed E-state index contributed by atoms with van der Waals surface area (Å²) in [6.07, 6.45) is 4.03. The number of hydrogen-bond donors (Lipinski definition) is 0. The lowest BCUT2D eigenvalue weighted by Gasteiger charge is -2.19. The van der Waals surface area contributed by atoms with Gasteiger partial charge in [0.15, 0.2) is 0 Å². The van der Waals surface area contributed by atoms with Crippen molar-refractivity contribution in [1.29, 1.82) is 0 Å². The zero-order valence-electron chi connectivity index (χ0n) is 9.36. The van der Waals surface area contributed by atoms with E-state index in [1.807, 2.05) is 0 Å². The first-order valence-electron chi connectivity index (χ1n) is 6.16. The van der Waals surface area contributed by atoms with E-state index in [1.165, 1.54) is 24.0 Å². The molecule has 16 heavy (non-hydrogen) atoms. The van der Waals surface area contributed by atoms with Gasteiger partial charge in [0.25, 0.3) is 0 Å². The van der Waals surface area contributed by atoms with Gasteiger partial charge in [0.1, 0.15) is 0 Å². The lowest BCUT2D eigenvalue weighted by Crippen LogP contribution is -2.10. The van der Waals surface area contributed by atoms with E-state index in [0.29, 0.717) is 11.8 Å². The van der Waals surface area contributed by atoms with Crippen molar-refractivity contribution in [2.45, 2.75) is 31.3 Å². The molecule has 1 aromatic carbocycles. The van der Waals surface area contributed by atoms with Crippen LogP contribution in [-0.2, 0) is 4.74 Å². The zero-order valence-corrected chi connectivity index (χ0v) is 10.1. The predicted molar refractivity (Wildman–Crippen MR) is 65.9 cm³/mol. The number of alkyl halides is 1. The lowest BCUT2D eigenvalue weighted by molar-refractivity contribution is 0.0944. The predicted octanol–water partition coefficient (Wildman–Crippen LogP) is 3.88. The summed E-state index contributed by atoms with van der Waals surface area (Å²) in [7, 11) is 0. The Labute approximate surface area is 102 Å². The molecule has 1 heterocycles. The molecule has 2 heteroatoms. The average Bonchev–Trinajstić information content (AvgIpc) is 3.07. The van der Waals surface area contributed by atoms with E-state index < -0.39 is 0 Å². The summed E-state index contributed by atoms with van der Waals surface area (Å²) >= 11 is 6.02. The van der Waals surface area contributed by atoms with Crippen LogP contribution in [0.1, 0.15) is 42.4 Å². The molecule has 86 valence electrons. The number of rotatable bonds is 3. The van der Waals surface area contributed by atoms with Gasteiger partial charge in [0, 0.05) is 18.4 Å². The van der Waals surface area contributed by atoms with Gasteiger partial charge in [-0.25, -0.2) is 0 Å². The summed E-state index contributed by atoms with van der Waals surface area (Å²) in [5, 5.41) is 0. The number of hydrogen-bond acceptors (Lipinski definition) is 1. The summed E-state index contributed by atoms with van der Waals surface area (Å²) < 4.78 is 5.88. The quantitative estimate of drug-likeness (QED) is 0.724. The molecule has 0 radical (unpaired) electrons. The number of ether oxygens (including phenoxy) is 1. The van der Waals surface area contributed by atoms with E-state index >= 15 is 0 Å². The molecule has 0 N–H and O–H groups in total. The fourth-order valence-corrected chi connectivity index (χ4v) is 2.99. The van der Waals surface area contributed by atoms with Crippen LogP contribution in [-0.4, -0.2) is 12.5 Å². The normalized spacial score (nSPS) is 29.6. The monoisotopic (exact) mass is 236 g/mol. The zero-order chi connectivity index (χ0) is 11.0. The van der Waals surface area contributed by atoms with Crippen LogP contribution in [0.4, 0.5) is 0 Å². The van der Waals surface area contributed by atoms with E-state index in [0.717, 1.165) is 18.9 Å². The van der Waals surface area contributed by atoms with Crippen molar-refractivity contribution in [3.63, 3.8) is 0 Å². The van der Waals surface area contributed by atoms with Crippen molar-refractivity contribution in [3.8, 4) is 0 Å². The molecule has 0 spiro atoms. The molecule has 1 nitrogen and oxygen atoms in total. The minimum absolute atomic E-state index is 0.245. The van der Waals surface area contributed by atoms with Gasteiger partial charge in [0.2, 0.25) is 0 Å². The minimum atomic E-state index is 0.245. The van der Waals surface area contributed by atoms with Gasteiger partial charge in [0.05, 0.1) is 6.10 Å². The molecular formula is C14H17ClO. The third-order valence-corrected chi connectivity index (χ3v) is 4.13. The molecule has 1 aliphatic heterocycles. The fraction of sp³-hybridized carbons (Fsp3) is 0.571. The standard InChI is InChI=1S/C14H17ClO/c15-9-11-7-8-16-14(11)13-4-2-1-3-12(13)10-5-6-10/h1-4,10-11,14H,5-9H2. The molecule has 2 unspecified atom stereocenters. The Morgan fingerprint density at radius 1 is 1.12 bits per heavy atom. The topological polar surface area (TPSA) is 9.23 Å². The van der Waals surface area contributed by atoms with Crippen molar-refractivity contribution in [3.05, 3.63) is 35.4 Å². The van der Waals surface area contributed by atoms with E-state index in [2.05, 4.69) is 24.3 Å². The van der Waals surface area contributed by atoms with Gasteiger partial charge in [-0.1, -0.05) is 24.3 Å². The first kappa shape index (κ1) is 10.6. The fourth-order valence-electron chi connectivity index (χ4n) is 2.67. The van der Waals surface area contributed by atoms with Crippen LogP contribution in [0.25, 0.3) is 0 Å². The summed E-state index contributed by atoms with van der Waals surface area (Å²) in [5.74, 6) is 2.00. The highest BCUT2D eigenvalue weighted by atomic mass is 35.5. The largest absolute Gasteiger partial charge is 0.373 e. The van der Waals surface area contributed by atoms with Gasteiger partial charge in [-0.05, 0) is 36.3 Å². The molecule has 0 aromatic heterocycles. The molecule has 1 aromatic rings. The van der Waals surface area contributed by atoms with Crippen molar-refractivity contribution in [1.82, 2.24) is 0 Å². The second-order valence-corrected chi connectivity index (χ2v) is 5.21. The highest BCUT2D eigenvalue weighted by Gasteiger charge is 2.34. The van der Waals surface area contributed by atoms with Gasteiger partial charge in [-0.15, -0.1) is 11.6 Å². The van der Waals surface area contributed by atoms with Crippen LogP contribution in [0, 0.1) is 5.92 Å². The Balaban J connectivity index is 1.92. The first-order chi connectivity index (χ1) is 7.90. The third-order valence-electron chi connectivity index (χ3n) is 3.73. The molecule has 0 bridgehead atoms. The van der Waals surface area contributed by atoms with Crippen LogP contribution in [0.5, 0.6) is 0 Å². The first-order valence-corrected chi connectivity index (χ1v) is 6.70. The maximum Gasteiger partial charge on any atom is 0.0868 e. The van der Waals surface area contributed by atoms with Crippen LogP contribution in [0.15, 0.2) is 24.3 Å². The molecule has 0 amide bonds. The summed E-state index contributed by atoms with van der Waals surface area (Å²) in [6.45, 7) is 0.862. The molecule has 2 atom stereocenters. The SMILES string of the molecule is ClCC1CCOC1c1ccccc1C1CC1. The Bertz CT molecular complexity index is 373. The Hall–Kier alpha value is -0.530. The Morgan fingerprint density at radius 3 is 2.56 bits per heavy atom. The van der Waals surface area contributed by atoms with E-state index in [1.54, 1.807) is 0 Å². The highest BCUT2D eigenvalue weighted by molar-refractivity contribution is 6.18. The lowest BCUT2D eigenvalue weighted by atomic mass is 9.91. The maximum atomic E-state index is 6.02. The van der Waals surface area contributed by atoms with E-state index in [-0.39, 0.29) is 6.10 Å². The maximum absolute atomic E-state index is 6.02. The van der Waals surface area contributed by atoms with E-state index in [9.17, 15) is 0 Å². The average molecular weight is 237 g/mol. The molecule has 1 aliphatic carbocycles. The van der Waals surface area contributed by atoms with Crippen molar-refractivity contribution >= 4 is 11.6 Å². The molecule has 1 saturated heterocycles. The molecular weight excluding hydrogens is 220 g/mol. The van der Waals surface area contributed by atoms with Gasteiger partial charge in [-0.2, -0.15) is 0 Å². The van der Waals surface area contributed by atoms with E-state index in [4.69, 9.17) is 16.3 Å². The summed E-state index contributed by atoms with van der Waals surface area (Å²) in [5.41, 5.74) is 2.90. The van der Waals surface area contributed by atoms with Crippen LogP contribution < -0.4 is 0 Å². The van der Waals surface area contributed by atoms with Crippen molar-refractivity contribution < 1.29 is 4.74 Å². The number of halogens is 1. The smallest absolute Gasteiger partial charge is 0.0868 e.